The van der Waals surface area contributed by atoms with E-state index in [1.165, 1.54) is 26.2 Å². The van der Waals surface area contributed by atoms with Crippen LogP contribution in [0.1, 0.15) is 28.9 Å². The first-order valence-electron chi connectivity index (χ1n) is 7.31. The third-order valence-electron chi connectivity index (χ3n) is 3.59. The zero-order valence-electron chi connectivity index (χ0n) is 13.7. The predicted octanol–water partition coefficient (Wildman–Crippen LogP) is 3.08. The van der Waals surface area contributed by atoms with E-state index in [1.54, 1.807) is 18.2 Å². The summed E-state index contributed by atoms with van der Waals surface area (Å²) >= 11 is 6.13. The maximum atomic E-state index is 12.4. The highest BCUT2D eigenvalue weighted by Crippen LogP contribution is 2.23. The van der Waals surface area contributed by atoms with Crippen LogP contribution < -0.4 is 5.32 Å². The molecule has 0 saturated heterocycles. The monoisotopic (exact) mass is 366 g/mol. The van der Waals surface area contributed by atoms with E-state index in [1.807, 2.05) is 25.1 Å². The first-order chi connectivity index (χ1) is 11.2. The molecule has 5 nitrogen and oxygen atoms in total. The molecule has 24 heavy (non-hydrogen) atoms. The van der Waals surface area contributed by atoms with Crippen LogP contribution in [0.25, 0.3) is 0 Å². The van der Waals surface area contributed by atoms with Gasteiger partial charge in [0.25, 0.3) is 5.91 Å². The number of halogens is 1. The summed E-state index contributed by atoms with van der Waals surface area (Å²) in [7, 11) is -0.696. The Hall–Kier alpha value is -1.89. The molecule has 0 aliphatic rings. The molecule has 0 aromatic heterocycles. The van der Waals surface area contributed by atoms with Gasteiger partial charge in [-0.2, -0.15) is 0 Å². The van der Waals surface area contributed by atoms with E-state index in [9.17, 15) is 13.2 Å². The van der Waals surface area contributed by atoms with Gasteiger partial charge in [0.1, 0.15) is 0 Å². The van der Waals surface area contributed by atoms with Crippen LogP contribution in [0, 0.1) is 0 Å². The largest absolute Gasteiger partial charge is 0.345 e. The van der Waals surface area contributed by atoms with E-state index in [0.29, 0.717) is 5.02 Å². The SMILES string of the molecule is CC(NC(=O)c1cccc(S(=O)(=O)N(C)C)c1)c1ccccc1Cl. The molecule has 1 atom stereocenters. The number of carbonyl (C=O) groups excluding carboxylic acids is 1. The van der Waals surface area contributed by atoms with Gasteiger partial charge in [-0.3, -0.25) is 4.79 Å². The average molecular weight is 367 g/mol. The number of hydrogen-bond donors (Lipinski definition) is 1. The third kappa shape index (κ3) is 3.95. The molecule has 2 rings (SSSR count). The van der Waals surface area contributed by atoms with Crippen LogP contribution in [0.15, 0.2) is 53.4 Å². The minimum atomic E-state index is -3.59. The quantitative estimate of drug-likeness (QED) is 0.884. The van der Waals surface area contributed by atoms with Crippen LogP contribution >= 0.6 is 11.6 Å². The van der Waals surface area contributed by atoms with Gasteiger partial charge in [-0.25, -0.2) is 12.7 Å². The van der Waals surface area contributed by atoms with Crippen LogP contribution in [0.3, 0.4) is 0 Å². The standard InChI is InChI=1S/C17H19ClN2O3S/c1-12(15-9-4-5-10-16(15)18)19-17(21)13-7-6-8-14(11-13)24(22,23)20(2)3/h4-12H,1-3H3,(H,19,21). The van der Waals surface area contributed by atoms with E-state index in [2.05, 4.69) is 5.32 Å². The van der Waals surface area contributed by atoms with Crippen molar-refractivity contribution in [2.45, 2.75) is 17.9 Å². The summed E-state index contributed by atoms with van der Waals surface area (Å²) in [5, 5.41) is 3.39. The highest BCUT2D eigenvalue weighted by Gasteiger charge is 2.19. The lowest BCUT2D eigenvalue weighted by Gasteiger charge is -2.16. The molecule has 0 bridgehead atoms. The smallest absolute Gasteiger partial charge is 0.251 e. The summed E-state index contributed by atoms with van der Waals surface area (Å²) in [6, 6.07) is 12.9. The molecule has 0 saturated carbocycles. The Labute approximate surface area is 147 Å². The Balaban J connectivity index is 2.24. The number of nitrogens with one attached hydrogen (secondary N) is 1. The molecule has 0 radical (unpaired) electrons. The Morgan fingerprint density at radius 3 is 2.42 bits per heavy atom. The highest BCUT2D eigenvalue weighted by atomic mass is 35.5. The van der Waals surface area contributed by atoms with Crippen molar-refractivity contribution in [3.63, 3.8) is 0 Å². The lowest BCUT2D eigenvalue weighted by atomic mass is 10.1. The number of nitrogens with zero attached hydrogens (tertiary/aromatic N) is 1. The Morgan fingerprint density at radius 1 is 1.12 bits per heavy atom. The van der Waals surface area contributed by atoms with Crippen molar-refractivity contribution >= 4 is 27.5 Å². The van der Waals surface area contributed by atoms with Crippen LogP contribution in [0.5, 0.6) is 0 Å². The van der Waals surface area contributed by atoms with E-state index in [0.717, 1.165) is 9.87 Å². The number of benzene rings is 2. The zero-order chi connectivity index (χ0) is 17.9. The molecule has 2 aromatic rings. The van der Waals surface area contributed by atoms with E-state index >= 15 is 0 Å². The molecule has 1 amide bonds. The van der Waals surface area contributed by atoms with Crippen LogP contribution in [0.4, 0.5) is 0 Å². The van der Waals surface area contributed by atoms with Crippen molar-refractivity contribution in [3.8, 4) is 0 Å². The summed E-state index contributed by atoms with van der Waals surface area (Å²) in [5.74, 6) is -0.363. The van der Waals surface area contributed by atoms with Crippen LogP contribution in [-0.4, -0.2) is 32.7 Å². The van der Waals surface area contributed by atoms with Gasteiger partial charge in [-0.1, -0.05) is 35.9 Å². The predicted molar refractivity (Wildman–Crippen MR) is 94.6 cm³/mol. The Morgan fingerprint density at radius 2 is 1.79 bits per heavy atom. The fraction of sp³-hybridized carbons (Fsp3) is 0.235. The minimum absolute atomic E-state index is 0.0746. The summed E-state index contributed by atoms with van der Waals surface area (Å²) in [4.78, 5) is 12.5. The van der Waals surface area contributed by atoms with Crippen molar-refractivity contribution in [1.29, 1.82) is 0 Å². The molecule has 0 fully saturated rings. The first-order valence-corrected chi connectivity index (χ1v) is 9.13. The Kier molecular flexibility index (Phi) is 5.64. The summed E-state index contributed by atoms with van der Waals surface area (Å²) < 4.78 is 25.5. The molecular weight excluding hydrogens is 348 g/mol. The molecule has 2 aromatic carbocycles. The van der Waals surface area contributed by atoms with Gasteiger partial charge in [0, 0.05) is 24.7 Å². The van der Waals surface area contributed by atoms with Crippen molar-refractivity contribution in [1.82, 2.24) is 9.62 Å². The van der Waals surface area contributed by atoms with E-state index in [4.69, 9.17) is 11.6 Å². The molecule has 0 spiro atoms. The van der Waals surface area contributed by atoms with Gasteiger partial charge in [-0.15, -0.1) is 0 Å². The van der Waals surface area contributed by atoms with Gasteiger partial charge < -0.3 is 5.32 Å². The molecule has 128 valence electrons. The molecule has 0 aliphatic heterocycles. The third-order valence-corrected chi connectivity index (χ3v) is 5.75. The van der Waals surface area contributed by atoms with Gasteiger partial charge in [0.2, 0.25) is 10.0 Å². The zero-order valence-corrected chi connectivity index (χ0v) is 15.2. The average Bonchev–Trinajstić information content (AvgIpc) is 2.55. The number of rotatable bonds is 5. The number of carbonyl (C=O) groups is 1. The van der Waals surface area contributed by atoms with Crippen molar-refractivity contribution in [3.05, 3.63) is 64.7 Å². The molecule has 1 unspecified atom stereocenters. The fourth-order valence-electron chi connectivity index (χ4n) is 2.19. The summed E-state index contributed by atoms with van der Waals surface area (Å²) in [5.41, 5.74) is 1.07. The maximum absolute atomic E-state index is 12.4. The number of sulfonamides is 1. The first kappa shape index (κ1) is 18.4. The number of hydrogen-bond acceptors (Lipinski definition) is 3. The Bertz CT molecular complexity index is 850. The summed E-state index contributed by atoms with van der Waals surface area (Å²) in [6.45, 7) is 1.82. The maximum Gasteiger partial charge on any atom is 0.251 e. The summed E-state index contributed by atoms with van der Waals surface area (Å²) in [6.07, 6.45) is 0. The molecule has 0 aliphatic carbocycles. The molecule has 7 heteroatoms. The molecule has 0 heterocycles. The lowest BCUT2D eigenvalue weighted by Crippen LogP contribution is -2.27. The van der Waals surface area contributed by atoms with Crippen molar-refractivity contribution < 1.29 is 13.2 Å². The molecular formula is C17H19ClN2O3S. The van der Waals surface area contributed by atoms with Crippen molar-refractivity contribution in [2.75, 3.05) is 14.1 Å². The topological polar surface area (TPSA) is 66.5 Å². The van der Waals surface area contributed by atoms with E-state index in [-0.39, 0.29) is 22.4 Å². The second-order valence-corrected chi connectivity index (χ2v) is 8.09. The highest BCUT2D eigenvalue weighted by molar-refractivity contribution is 7.89. The van der Waals surface area contributed by atoms with E-state index < -0.39 is 10.0 Å². The number of amides is 1. The minimum Gasteiger partial charge on any atom is -0.345 e. The second-order valence-electron chi connectivity index (χ2n) is 5.53. The van der Waals surface area contributed by atoms with Crippen LogP contribution in [0.2, 0.25) is 5.02 Å². The fourth-order valence-corrected chi connectivity index (χ4v) is 3.44. The van der Waals surface area contributed by atoms with Crippen molar-refractivity contribution in [2.24, 2.45) is 0 Å². The van der Waals surface area contributed by atoms with Gasteiger partial charge >= 0.3 is 0 Å². The van der Waals surface area contributed by atoms with Crippen LogP contribution in [-0.2, 0) is 10.0 Å². The van der Waals surface area contributed by atoms with Gasteiger partial charge in [-0.05, 0) is 36.8 Å². The van der Waals surface area contributed by atoms with Gasteiger partial charge in [0.05, 0.1) is 10.9 Å². The normalized spacial score (nSPS) is 12.9. The molecule has 1 N–H and O–H groups in total. The lowest BCUT2D eigenvalue weighted by molar-refractivity contribution is 0.0939. The van der Waals surface area contributed by atoms with Gasteiger partial charge in [0.15, 0.2) is 0 Å². The second kappa shape index (κ2) is 7.34.